The van der Waals surface area contributed by atoms with Crippen LogP contribution in [0.15, 0.2) is 18.2 Å². The highest BCUT2D eigenvalue weighted by atomic mass is 35.5. The topological polar surface area (TPSA) is 9.23 Å². The standard InChI is InChI=1S/C11H14ClFOS/c1-8(6-12)15-7-9-3-4-10(14-2)5-11(9)13/h3-5,8H,6-7H2,1-2H3. The summed E-state index contributed by atoms with van der Waals surface area (Å²) in [6, 6.07) is 4.92. The third-order valence-electron chi connectivity index (χ3n) is 2.00. The Balaban J connectivity index is 2.62. The Bertz CT molecular complexity index is 319. The minimum absolute atomic E-state index is 0.219. The molecule has 4 heteroatoms. The fourth-order valence-corrected chi connectivity index (χ4v) is 2.10. The first-order valence-electron chi connectivity index (χ1n) is 4.67. The van der Waals surface area contributed by atoms with Gasteiger partial charge in [0.05, 0.1) is 7.11 Å². The number of hydrogen-bond acceptors (Lipinski definition) is 2. The molecule has 1 rings (SSSR count). The van der Waals surface area contributed by atoms with Crippen molar-refractivity contribution < 1.29 is 9.13 Å². The normalized spacial score (nSPS) is 12.5. The number of halogens is 2. The summed E-state index contributed by atoms with van der Waals surface area (Å²) in [7, 11) is 1.53. The summed E-state index contributed by atoms with van der Waals surface area (Å²) in [5, 5.41) is 0.341. The molecule has 0 aliphatic rings. The van der Waals surface area contributed by atoms with Crippen LogP contribution in [0.3, 0.4) is 0 Å². The predicted molar refractivity (Wildman–Crippen MR) is 64.4 cm³/mol. The molecule has 0 heterocycles. The smallest absolute Gasteiger partial charge is 0.130 e. The van der Waals surface area contributed by atoms with E-state index in [-0.39, 0.29) is 5.82 Å². The van der Waals surface area contributed by atoms with Gasteiger partial charge in [0.1, 0.15) is 11.6 Å². The summed E-state index contributed by atoms with van der Waals surface area (Å²) in [4.78, 5) is 0. The number of thioether (sulfide) groups is 1. The van der Waals surface area contributed by atoms with Crippen LogP contribution in [0.1, 0.15) is 12.5 Å². The summed E-state index contributed by atoms with van der Waals surface area (Å²) in [6.07, 6.45) is 0. The van der Waals surface area contributed by atoms with Gasteiger partial charge >= 0.3 is 0 Å². The van der Waals surface area contributed by atoms with Crippen molar-refractivity contribution in [1.82, 2.24) is 0 Å². The molecule has 84 valence electrons. The Labute approximate surface area is 99.0 Å². The maximum atomic E-state index is 13.5. The molecule has 0 N–H and O–H groups in total. The monoisotopic (exact) mass is 248 g/mol. The van der Waals surface area contributed by atoms with Crippen LogP contribution in [0, 0.1) is 5.82 Å². The molecule has 1 atom stereocenters. The number of benzene rings is 1. The molecule has 0 aliphatic carbocycles. The molecular weight excluding hydrogens is 235 g/mol. The van der Waals surface area contributed by atoms with Gasteiger partial charge in [-0.25, -0.2) is 4.39 Å². The molecule has 0 fully saturated rings. The van der Waals surface area contributed by atoms with Crippen LogP contribution in [0.4, 0.5) is 4.39 Å². The number of alkyl halides is 1. The van der Waals surface area contributed by atoms with E-state index in [0.717, 1.165) is 0 Å². The first-order valence-corrected chi connectivity index (χ1v) is 6.25. The molecule has 1 aromatic carbocycles. The summed E-state index contributed by atoms with van der Waals surface area (Å²) < 4.78 is 18.4. The quantitative estimate of drug-likeness (QED) is 0.735. The van der Waals surface area contributed by atoms with E-state index in [9.17, 15) is 4.39 Å². The summed E-state index contributed by atoms with van der Waals surface area (Å²) >= 11 is 7.32. The van der Waals surface area contributed by atoms with Crippen LogP contribution in [0.25, 0.3) is 0 Å². The van der Waals surface area contributed by atoms with Crippen molar-refractivity contribution in [2.45, 2.75) is 17.9 Å². The lowest BCUT2D eigenvalue weighted by molar-refractivity contribution is 0.411. The fourth-order valence-electron chi connectivity index (χ4n) is 1.05. The minimum atomic E-state index is -0.219. The largest absolute Gasteiger partial charge is 0.497 e. The third-order valence-corrected chi connectivity index (χ3v) is 3.86. The molecule has 0 radical (unpaired) electrons. The molecule has 15 heavy (non-hydrogen) atoms. The van der Waals surface area contributed by atoms with E-state index >= 15 is 0 Å². The Hall–Kier alpha value is -0.410. The predicted octanol–water partition coefficient (Wildman–Crippen LogP) is 3.69. The molecule has 0 saturated heterocycles. The summed E-state index contributed by atoms with van der Waals surface area (Å²) in [5.74, 6) is 1.56. The van der Waals surface area contributed by atoms with Gasteiger partial charge in [0, 0.05) is 22.9 Å². The second-order valence-electron chi connectivity index (χ2n) is 3.23. The summed E-state index contributed by atoms with van der Waals surface area (Å²) in [5.41, 5.74) is 0.692. The lowest BCUT2D eigenvalue weighted by Gasteiger charge is -2.08. The van der Waals surface area contributed by atoms with E-state index < -0.39 is 0 Å². The Morgan fingerprint density at radius 3 is 2.80 bits per heavy atom. The second kappa shape index (κ2) is 6.23. The van der Waals surface area contributed by atoms with Crippen LogP contribution in [0.2, 0.25) is 0 Å². The SMILES string of the molecule is COc1ccc(CSC(C)CCl)c(F)c1. The van der Waals surface area contributed by atoms with Crippen LogP contribution in [-0.2, 0) is 5.75 Å². The zero-order chi connectivity index (χ0) is 11.3. The van der Waals surface area contributed by atoms with E-state index in [1.54, 1.807) is 23.9 Å². The number of rotatable bonds is 5. The van der Waals surface area contributed by atoms with Gasteiger partial charge in [0.15, 0.2) is 0 Å². The van der Waals surface area contributed by atoms with Gasteiger partial charge in [-0.15, -0.1) is 11.6 Å². The molecule has 0 aliphatic heterocycles. The molecule has 1 nitrogen and oxygen atoms in total. The second-order valence-corrected chi connectivity index (χ2v) is 4.97. The van der Waals surface area contributed by atoms with Crippen LogP contribution in [-0.4, -0.2) is 18.2 Å². The average molecular weight is 249 g/mol. The maximum absolute atomic E-state index is 13.5. The van der Waals surface area contributed by atoms with Crippen LogP contribution in [0.5, 0.6) is 5.75 Å². The van der Waals surface area contributed by atoms with Crippen LogP contribution < -0.4 is 4.74 Å². The summed E-state index contributed by atoms with van der Waals surface area (Å²) in [6.45, 7) is 2.03. The van der Waals surface area contributed by atoms with Gasteiger partial charge in [0.25, 0.3) is 0 Å². The van der Waals surface area contributed by atoms with Crippen molar-refractivity contribution in [3.8, 4) is 5.75 Å². The third kappa shape index (κ3) is 3.92. The van der Waals surface area contributed by atoms with Crippen molar-refractivity contribution in [3.63, 3.8) is 0 Å². The van der Waals surface area contributed by atoms with Crippen molar-refractivity contribution in [3.05, 3.63) is 29.6 Å². The molecule has 1 unspecified atom stereocenters. The van der Waals surface area contributed by atoms with E-state index in [4.69, 9.17) is 16.3 Å². The van der Waals surface area contributed by atoms with E-state index in [2.05, 4.69) is 0 Å². The Morgan fingerprint density at radius 2 is 2.27 bits per heavy atom. The van der Waals surface area contributed by atoms with Gasteiger partial charge in [-0.05, 0) is 11.6 Å². The van der Waals surface area contributed by atoms with Gasteiger partial charge in [-0.3, -0.25) is 0 Å². The van der Waals surface area contributed by atoms with Crippen molar-refractivity contribution >= 4 is 23.4 Å². The highest BCUT2D eigenvalue weighted by molar-refractivity contribution is 7.99. The Kier molecular flexibility index (Phi) is 5.26. The average Bonchev–Trinajstić information content (AvgIpc) is 2.26. The zero-order valence-electron chi connectivity index (χ0n) is 8.80. The van der Waals surface area contributed by atoms with Crippen molar-refractivity contribution in [2.75, 3.05) is 13.0 Å². The van der Waals surface area contributed by atoms with Gasteiger partial charge in [0.2, 0.25) is 0 Å². The molecule has 0 bridgehead atoms. The maximum Gasteiger partial charge on any atom is 0.130 e. The van der Waals surface area contributed by atoms with E-state index in [1.165, 1.54) is 13.2 Å². The van der Waals surface area contributed by atoms with Crippen molar-refractivity contribution in [2.24, 2.45) is 0 Å². The first-order chi connectivity index (χ1) is 7.17. The molecular formula is C11H14ClFOS. The van der Waals surface area contributed by atoms with Gasteiger partial charge in [-0.2, -0.15) is 11.8 Å². The number of hydrogen-bond donors (Lipinski definition) is 0. The number of methoxy groups -OCH3 is 1. The zero-order valence-corrected chi connectivity index (χ0v) is 10.4. The van der Waals surface area contributed by atoms with Gasteiger partial charge in [-0.1, -0.05) is 13.0 Å². The number of ether oxygens (including phenoxy) is 1. The first kappa shape index (κ1) is 12.7. The van der Waals surface area contributed by atoms with E-state index in [1.807, 2.05) is 6.92 Å². The molecule has 0 amide bonds. The van der Waals surface area contributed by atoms with Crippen LogP contribution >= 0.6 is 23.4 Å². The highest BCUT2D eigenvalue weighted by Gasteiger charge is 2.06. The lowest BCUT2D eigenvalue weighted by atomic mass is 10.2. The molecule has 0 aromatic heterocycles. The fraction of sp³-hybridized carbons (Fsp3) is 0.455. The van der Waals surface area contributed by atoms with Crippen molar-refractivity contribution in [1.29, 1.82) is 0 Å². The van der Waals surface area contributed by atoms with E-state index in [0.29, 0.717) is 28.2 Å². The Morgan fingerprint density at radius 1 is 1.53 bits per heavy atom. The molecule has 1 aromatic rings. The minimum Gasteiger partial charge on any atom is -0.497 e. The lowest BCUT2D eigenvalue weighted by Crippen LogP contribution is -1.99. The highest BCUT2D eigenvalue weighted by Crippen LogP contribution is 2.23. The molecule has 0 saturated carbocycles. The molecule has 0 spiro atoms. The van der Waals surface area contributed by atoms with Gasteiger partial charge < -0.3 is 4.74 Å².